The maximum atomic E-state index is 12.6. The number of likely N-dealkylation sites (tertiary alicyclic amines) is 1. The number of amides is 2. The molecule has 25 heavy (non-hydrogen) atoms. The van der Waals surface area contributed by atoms with E-state index in [-0.39, 0.29) is 29.4 Å². The molecule has 5 nitrogen and oxygen atoms in total. The molecule has 5 heteroatoms. The minimum absolute atomic E-state index is 0.102. The lowest BCUT2D eigenvalue weighted by Crippen LogP contribution is -2.54. The third kappa shape index (κ3) is 3.71. The fourth-order valence-electron chi connectivity index (χ4n) is 4.04. The Morgan fingerprint density at radius 1 is 1.08 bits per heavy atom. The summed E-state index contributed by atoms with van der Waals surface area (Å²) < 4.78 is 6.14. The molecule has 0 aromatic heterocycles. The van der Waals surface area contributed by atoms with Crippen molar-refractivity contribution in [2.45, 2.75) is 50.2 Å². The van der Waals surface area contributed by atoms with E-state index in [1.54, 1.807) is 0 Å². The Kier molecular flexibility index (Phi) is 4.50. The van der Waals surface area contributed by atoms with Crippen LogP contribution < -0.4 is 5.32 Å². The molecule has 1 N–H and O–H groups in total. The van der Waals surface area contributed by atoms with Gasteiger partial charge in [-0.3, -0.25) is 9.59 Å². The highest BCUT2D eigenvalue weighted by molar-refractivity contribution is 5.94. The largest absolute Gasteiger partial charge is 0.375 e. The Balaban J connectivity index is 1.33. The average molecular weight is 342 g/mol. The van der Waals surface area contributed by atoms with E-state index in [2.05, 4.69) is 5.32 Å². The van der Waals surface area contributed by atoms with Gasteiger partial charge in [0.1, 0.15) is 0 Å². The standard InChI is InChI=1S/C20H26N2O3/c23-18(15-6-7-15)21-17-8-13-25-20(14-17)9-11-22(12-10-20)19(24)16-4-2-1-3-5-16/h1-5,15,17H,6-14H2,(H,21,23)/t17-/m1/s1. The summed E-state index contributed by atoms with van der Waals surface area (Å²) in [6, 6.07) is 9.68. The van der Waals surface area contributed by atoms with Crippen molar-refractivity contribution in [3.8, 4) is 0 Å². The molecule has 1 aliphatic carbocycles. The Morgan fingerprint density at radius 3 is 2.48 bits per heavy atom. The normalized spacial score (nSPS) is 25.6. The summed E-state index contributed by atoms with van der Waals surface area (Å²) in [6.45, 7) is 2.14. The van der Waals surface area contributed by atoms with Gasteiger partial charge in [-0.2, -0.15) is 0 Å². The third-order valence-corrected chi connectivity index (χ3v) is 5.77. The quantitative estimate of drug-likeness (QED) is 0.917. The molecule has 1 aromatic carbocycles. The molecule has 0 unspecified atom stereocenters. The number of benzene rings is 1. The summed E-state index contributed by atoms with van der Waals surface area (Å²) in [5.41, 5.74) is 0.574. The van der Waals surface area contributed by atoms with Crippen molar-refractivity contribution < 1.29 is 14.3 Å². The molecule has 134 valence electrons. The fourth-order valence-corrected chi connectivity index (χ4v) is 4.04. The van der Waals surface area contributed by atoms with Gasteiger partial charge in [-0.1, -0.05) is 18.2 Å². The van der Waals surface area contributed by atoms with Gasteiger partial charge >= 0.3 is 0 Å². The highest BCUT2D eigenvalue weighted by Crippen LogP contribution is 2.36. The summed E-state index contributed by atoms with van der Waals surface area (Å²) in [7, 11) is 0. The molecule has 1 aromatic rings. The van der Waals surface area contributed by atoms with Crippen molar-refractivity contribution in [2.75, 3.05) is 19.7 Å². The van der Waals surface area contributed by atoms with Crippen LogP contribution in [0.5, 0.6) is 0 Å². The molecule has 3 fully saturated rings. The van der Waals surface area contributed by atoms with Crippen molar-refractivity contribution in [2.24, 2.45) is 5.92 Å². The Morgan fingerprint density at radius 2 is 1.80 bits per heavy atom. The van der Waals surface area contributed by atoms with Gasteiger partial charge in [-0.05, 0) is 50.7 Å². The van der Waals surface area contributed by atoms with Gasteiger partial charge in [0.05, 0.1) is 5.60 Å². The lowest BCUT2D eigenvalue weighted by molar-refractivity contribution is -0.131. The first-order chi connectivity index (χ1) is 12.2. The number of carbonyl (C=O) groups is 2. The van der Waals surface area contributed by atoms with Crippen molar-refractivity contribution in [3.63, 3.8) is 0 Å². The number of hydrogen-bond donors (Lipinski definition) is 1. The lowest BCUT2D eigenvalue weighted by atomic mass is 9.82. The van der Waals surface area contributed by atoms with E-state index in [0.29, 0.717) is 6.61 Å². The second-order valence-electron chi connectivity index (χ2n) is 7.66. The van der Waals surface area contributed by atoms with Gasteiger partial charge in [-0.15, -0.1) is 0 Å². The number of rotatable bonds is 3. The second-order valence-corrected chi connectivity index (χ2v) is 7.66. The van der Waals surface area contributed by atoms with Crippen LogP contribution >= 0.6 is 0 Å². The van der Waals surface area contributed by atoms with Crippen LogP contribution in [0.2, 0.25) is 0 Å². The van der Waals surface area contributed by atoms with Gasteiger partial charge in [-0.25, -0.2) is 0 Å². The van der Waals surface area contributed by atoms with E-state index >= 15 is 0 Å². The zero-order valence-electron chi connectivity index (χ0n) is 14.6. The molecule has 2 heterocycles. The average Bonchev–Trinajstić information content (AvgIpc) is 3.48. The molecule has 2 saturated heterocycles. The van der Waals surface area contributed by atoms with Crippen LogP contribution in [0.15, 0.2) is 30.3 Å². The first kappa shape index (κ1) is 16.6. The first-order valence-corrected chi connectivity index (χ1v) is 9.44. The van der Waals surface area contributed by atoms with Gasteiger partial charge in [0, 0.05) is 37.2 Å². The van der Waals surface area contributed by atoms with E-state index in [1.807, 2.05) is 35.2 Å². The number of ether oxygens (including phenoxy) is 1. The van der Waals surface area contributed by atoms with E-state index in [9.17, 15) is 9.59 Å². The van der Waals surface area contributed by atoms with E-state index in [0.717, 1.165) is 57.2 Å². The summed E-state index contributed by atoms with van der Waals surface area (Å²) in [6.07, 6.45) is 5.54. The molecule has 2 aliphatic heterocycles. The van der Waals surface area contributed by atoms with Crippen molar-refractivity contribution >= 4 is 11.8 Å². The highest BCUT2D eigenvalue weighted by atomic mass is 16.5. The molecule has 1 saturated carbocycles. The van der Waals surface area contributed by atoms with Crippen LogP contribution in [0.3, 0.4) is 0 Å². The number of nitrogens with one attached hydrogen (secondary N) is 1. The predicted octanol–water partition coefficient (Wildman–Crippen LogP) is 2.37. The van der Waals surface area contributed by atoms with Crippen LogP contribution in [0.1, 0.15) is 48.9 Å². The topological polar surface area (TPSA) is 58.6 Å². The Bertz CT molecular complexity index is 634. The zero-order chi connectivity index (χ0) is 17.3. The molecule has 2 amide bonds. The number of piperidine rings is 1. The number of nitrogens with zero attached hydrogens (tertiary/aromatic N) is 1. The van der Waals surface area contributed by atoms with E-state index in [1.165, 1.54) is 0 Å². The van der Waals surface area contributed by atoms with Crippen molar-refractivity contribution in [1.29, 1.82) is 0 Å². The van der Waals surface area contributed by atoms with E-state index < -0.39 is 0 Å². The molecular formula is C20H26N2O3. The summed E-state index contributed by atoms with van der Waals surface area (Å²) in [5.74, 6) is 0.577. The molecule has 0 bridgehead atoms. The number of hydrogen-bond acceptors (Lipinski definition) is 3. The molecule has 1 atom stereocenters. The minimum atomic E-state index is -0.173. The molecule has 4 rings (SSSR count). The Labute approximate surface area is 148 Å². The van der Waals surface area contributed by atoms with Crippen LogP contribution in [0.4, 0.5) is 0 Å². The molecule has 0 radical (unpaired) electrons. The van der Waals surface area contributed by atoms with Gasteiger partial charge in [0.2, 0.25) is 5.91 Å². The summed E-state index contributed by atoms with van der Waals surface area (Å²) in [4.78, 5) is 26.6. The van der Waals surface area contributed by atoms with Crippen molar-refractivity contribution in [3.05, 3.63) is 35.9 Å². The summed E-state index contributed by atoms with van der Waals surface area (Å²) in [5, 5.41) is 3.21. The smallest absolute Gasteiger partial charge is 0.253 e. The minimum Gasteiger partial charge on any atom is -0.375 e. The van der Waals surface area contributed by atoms with Gasteiger partial charge < -0.3 is 15.0 Å². The maximum absolute atomic E-state index is 12.6. The zero-order valence-corrected chi connectivity index (χ0v) is 14.6. The second kappa shape index (κ2) is 6.79. The van der Waals surface area contributed by atoms with Crippen LogP contribution in [0, 0.1) is 5.92 Å². The highest BCUT2D eigenvalue weighted by Gasteiger charge is 2.42. The van der Waals surface area contributed by atoms with Crippen molar-refractivity contribution in [1.82, 2.24) is 10.2 Å². The number of carbonyl (C=O) groups excluding carboxylic acids is 2. The Hall–Kier alpha value is -1.88. The first-order valence-electron chi connectivity index (χ1n) is 9.44. The molecule has 1 spiro atoms. The summed E-state index contributed by atoms with van der Waals surface area (Å²) >= 11 is 0. The van der Waals surface area contributed by atoms with Crippen LogP contribution in [-0.4, -0.2) is 48.1 Å². The molecular weight excluding hydrogens is 316 g/mol. The monoisotopic (exact) mass is 342 g/mol. The van der Waals surface area contributed by atoms with E-state index in [4.69, 9.17) is 4.74 Å². The maximum Gasteiger partial charge on any atom is 0.253 e. The van der Waals surface area contributed by atoms with Crippen LogP contribution in [-0.2, 0) is 9.53 Å². The molecule has 3 aliphatic rings. The van der Waals surface area contributed by atoms with Gasteiger partial charge in [0.15, 0.2) is 0 Å². The predicted molar refractivity (Wildman–Crippen MR) is 94.2 cm³/mol. The van der Waals surface area contributed by atoms with Crippen LogP contribution in [0.25, 0.3) is 0 Å². The SMILES string of the molecule is O=C(N[C@@H]1CCOC2(CCN(C(=O)c3ccccc3)CC2)C1)C1CC1. The lowest BCUT2D eigenvalue weighted by Gasteiger charge is -2.46. The fraction of sp³-hybridized carbons (Fsp3) is 0.600. The third-order valence-electron chi connectivity index (χ3n) is 5.77. The van der Waals surface area contributed by atoms with Gasteiger partial charge in [0.25, 0.3) is 5.91 Å².